The standard InChI is InChI=1S/C15H24N2O/c1-12-5-6-15(18)14(8-12)11-17(2)10-13-4-3-7-16-9-13/h5-6,8,13,16,18H,3-4,7,9-11H2,1-2H3. The summed E-state index contributed by atoms with van der Waals surface area (Å²) >= 11 is 0. The van der Waals surface area contributed by atoms with E-state index in [1.165, 1.54) is 24.9 Å². The summed E-state index contributed by atoms with van der Waals surface area (Å²) in [4.78, 5) is 2.31. The predicted octanol–water partition coefficient (Wildman–Crippen LogP) is 2.13. The summed E-state index contributed by atoms with van der Waals surface area (Å²) in [5.74, 6) is 1.16. The van der Waals surface area contributed by atoms with Crippen LogP contribution >= 0.6 is 0 Å². The van der Waals surface area contributed by atoms with E-state index in [0.717, 1.165) is 31.1 Å². The third-order valence-electron chi connectivity index (χ3n) is 3.64. The van der Waals surface area contributed by atoms with E-state index in [0.29, 0.717) is 5.75 Å². The van der Waals surface area contributed by atoms with Crippen LogP contribution in [0, 0.1) is 12.8 Å². The average Bonchev–Trinajstić information content (AvgIpc) is 2.35. The van der Waals surface area contributed by atoms with Gasteiger partial charge in [0.25, 0.3) is 0 Å². The van der Waals surface area contributed by atoms with E-state index in [9.17, 15) is 5.11 Å². The van der Waals surface area contributed by atoms with Crippen LogP contribution in [0.15, 0.2) is 18.2 Å². The van der Waals surface area contributed by atoms with Crippen molar-refractivity contribution in [3.63, 3.8) is 0 Å². The molecule has 1 fully saturated rings. The molecular weight excluding hydrogens is 224 g/mol. The highest BCUT2D eigenvalue weighted by molar-refractivity contribution is 5.35. The SMILES string of the molecule is Cc1ccc(O)c(CN(C)CC2CCCNC2)c1. The molecule has 2 rings (SSSR count). The third kappa shape index (κ3) is 3.72. The number of nitrogens with one attached hydrogen (secondary N) is 1. The lowest BCUT2D eigenvalue weighted by atomic mass is 9.99. The van der Waals surface area contributed by atoms with Crippen LogP contribution in [0.2, 0.25) is 0 Å². The summed E-state index contributed by atoms with van der Waals surface area (Å²) in [5, 5.41) is 13.3. The molecule has 0 radical (unpaired) electrons. The van der Waals surface area contributed by atoms with Gasteiger partial charge >= 0.3 is 0 Å². The molecule has 18 heavy (non-hydrogen) atoms. The second-order valence-electron chi connectivity index (χ2n) is 5.54. The summed E-state index contributed by atoms with van der Waals surface area (Å²) < 4.78 is 0. The van der Waals surface area contributed by atoms with E-state index >= 15 is 0 Å². The van der Waals surface area contributed by atoms with E-state index in [1.54, 1.807) is 6.07 Å². The van der Waals surface area contributed by atoms with Crippen molar-refractivity contribution in [1.29, 1.82) is 0 Å². The first kappa shape index (κ1) is 13.4. The first-order chi connectivity index (χ1) is 8.65. The number of piperidine rings is 1. The lowest BCUT2D eigenvalue weighted by molar-refractivity contribution is 0.235. The van der Waals surface area contributed by atoms with Crippen LogP contribution in [0.3, 0.4) is 0 Å². The first-order valence-electron chi connectivity index (χ1n) is 6.83. The Morgan fingerprint density at radius 3 is 3.00 bits per heavy atom. The van der Waals surface area contributed by atoms with Gasteiger partial charge in [-0.2, -0.15) is 0 Å². The summed E-state index contributed by atoms with van der Waals surface area (Å²) in [6.07, 6.45) is 2.60. The molecule has 1 heterocycles. The maximum Gasteiger partial charge on any atom is 0.120 e. The molecule has 2 N–H and O–H groups in total. The van der Waals surface area contributed by atoms with E-state index in [1.807, 2.05) is 6.07 Å². The number of aryl methyl sites for hydroxylation is 1. The van der Waals surface area contributed by atoms with Crippen molar-refractivity contribution in [3.8, 4) is 5.75 Å². The van der Waals surface area contributed by atoms with Crippen LogP contribution in [-0.4, -0.2) is 36.7 Å². The Morgan fingerprint density at radius 1 is 1.44 bits per heavy atom. The highest BCUT2D eigenvalue weighted by atomic mass is 16.3. The Hall–Kier alpha value is -1.06. The fraction of sp³-hybridized carbons (Fsp3) is 0.600. The maximum absolute atomic E-state index is 9.85. The van der Waals surface area contributed by atoms with E-state index in [4.69, 9.17) is 0 Å². The van der Waals surface area contributed by atoms with Crippen LogP contribution in [0.1, 0.15) is 24.0 Å². The van der Waals surface area contributed by atoms with Crippen molar-refractivity contribution in [2.45, 2.75) is 26.3 Å². The highest BCUT2D eigenvalue weighted by Crippen LogP contribution is 2.20. The van der Waals surface area contributed by atoms with Crippen LogP contribution in [0.25, 0.3) is 0 Å². The normalized spacial score (nSPS) is 20.3. The Bertz CT molecular complexity index is 386. The van der Waals surface area contributed by atoms with Gasteiger partial charge in [0.1, 0.15) is 5.75 Å². The maximum atomic E-state index is 9.85. The van der Waals surface area contributed by atoms with Crippen molar-refractivity contribution >= 4 is 0 Å². The van der Waals surface area contributed by atoms with E-state index in [2.05, 4.69) is 30.3 Å². The summed E-state index contributed by atoms with van der Waals surface area (Å²) in [6.45, 7) is 6.28. The zero-order valence-corrected chi connectivity index (χ0v) is 11.4. The van der Waals surface area contributed by atoms with Crippen molar-refractivity contribution in [3.05, 3.63) is 29.3 Å². The average molecular weight is 248 g/mol. The molecule has 0 aliphatic carbocycles. The van der Waals surface area contributed by atoms with Crippen molar-refractivity contribution < 1.29 is 5.11 Å². The molecule has 3 nitrogen and oxygen atoms in total. The van der Waals surface area contributed by atoms with Crippen LogP contribution in [0.4, 0.5) is 0 Å². The largest absolute Gasteiger partial charge is 0.508 e. The van der Waals surface area contributed by atoms with Gasteiger partial charge in [-0.1, -0.05) is 17.7 Å². The topological polar surface area (TPSA) is 35.5 Å². The number of phenols is 1. The number of benzene rings is 1. The fourth-order valence-corrected chi connectivity index (χ4v) is 2.72. The molecule has 1 saturated heterocycles. The van der Waals surface area contributed by atoms with Crippen LogP contribution < -0.4 is 5.32 Å². The molecule has 0 aromatic heterocycles. The molecule has 0 bridgehead atoms. The molecule has 1 aliphatic rings. The Labute approximate surface area is 110 Å². The Morgan fingerprint density at radius 2 is 2.28 bits per heavy atom. The van der Waals surface area contributed by atoms with Gasteiger partial charge < -0.3 is 15.3 Å². The quantitative estimate of drug-likeness (QED) is 0.857. The Balaban J connectivity index is 1.89. The zero-order valence-electron chi connectivity index (χ0n) is 11.4. The molecule has 1 aromatic carbocycles. The fourth-order valence-electron chi connectivity index (χ4n) is 2.72. The number of aromatic hydroxyl groups is 1. The molecule has 1 aliphatic heterocycles. The van der Waals surface area contributed by atoms with Crippen LogP contribution in [-0.2, 0) is 6.54 Å². The number of nitrogens with zero attached hydrogens (tertiary/aromatic N) is 1. The molecule has 1 aromatic rings. The van der Waals surface area contributed by atoms with Gasteiger partial charge in [0, 0.05) is 18.7 Å². The predicted molar refractivity (Wildman–Crippen MR) is 74.8 cm³/mol. The van der Waals surface area contributed by atoms with Gasteiger partial charge in [-0.3, -0.25) is 0 Å². The van der Waals surface area contributed by atoms with Gasteiger partial charge in [0.05, 0.1) is 0 Å². The van der Waals surface area contributed by atoms with Gasteiger partial charge in [-0.25, -0.2) is 0 Å². The second-order valence-corrected chi connectivity index (χ2v) is 5.54. The number of phenolic OH excluding ortho intramolecular Hbond substituents is 1. The molecule has 1 atom stereocenters. The lowest BCUT2D eigenvalue weighted by Crippen LogP contribution is -2.36. The minimum absolute atomic E-state index is 0.411. The molecule has 100 valence electrons. The minimum atomic E-state index is 0.411. The molecule has 0 saturated carbocycles. The van der Waals surface area contributed by atoms with Gasteiger partial charge in [0.15, 0.2) is 0 Å². The lowest BCUT2D eigenvalue weighted by Gasteiger charge is -2.27. The number of hydrogen-bond donors (Lipinski definition) is 2. The monoisotopic (exact) mass is 248 g/mol. The molecule has 3 heteroatoms. The smallest absolute Gasteiger partial charge is 0.120 e. The molecule has 0 spiro atoms. The highest BCUT2D eigenvalue weighted by Gasteiger charge is 2.15. The van der Waals surface area contributed by atoms with Crippen molar-refractivity contribution in [1.82, 2.24) is 10.2 Å². The number of hydrogen-bond acceptors (Lipinski definition) is 3. The van der Waals surface area contributed by atoms with Gasteiger partial charge in [0.2, 0.25) is 0 Å². The molecule has 1 unspecified atom stereocenters. The summed E-state index contributed by atoms with van der Waals surface area (Å²) in [6, 6.07) is 5.81. The van der Waals surface area contributed by atoms with Crippen molar-refractivity contribution in [2.24, 2.45) is 5.92 Å². The van der Waals surface area contributed by atoms with Gasteiger partial charge in [-0.15, -0.1) is 0 Å². The summed E-state index contributed by atoms with van der Waals surface area (Å²) in [7, 11) is 2.14. The first-order valence-corrected chi connectivity index (χ1v) is 6.83. The minimum Gasteiger partial charge on any atom is -0.508 e. The van der Waals surface area contributed by atoms with E-state index < -0.39 is 0 Å². The zero-order chi connectivity index (χ0) is 13.0. The third-order valence-corrected chi connectivity index (χ3v) is 3.64. The van der Waals surface area contributed by atoms with E-state index in [-0.39, 0.29) is 0 Å². The van der Waals surface area contributed by atoms with Gasteiger partial charge in [-0.05, 0) is 51.9 Å². The molecule has 0 amide bonds. The number of rotatable bonds is 4. The Kier molecular flexibility index (Phi) is 4.61. The molecular formula is C15H24N2O. The van der Waals surface area contributed by atoms with Crippen molar-refractivity contribution in [2.75, 3.05) is 26.7 Å². The summed E-state index contributed by atoms with van der Waals surface area (Å²) in [5.41, 5.74) is 2.23. The van der Waals surface area contributed by atoms with Crippen LogP contribution in [0.5, 0.6) is 5.75 Å². The second kappa shape index (κ2) is 6.21.